The molecule has 0 aromatic rings. The molecule has 12 nitrogen and oxygen atoms in total. The average molecular weight is 480 g/mol. The van der Waals surface area contributed by atoms with Crippen molar-refractivity contribution in [3.05, 3.63) is 10.1 Å². The van der Waals surface area contributed by atoms with Gasteiger partial charge in [-0.25, -0.2) is 15.1 Å². The Morgan fingerprint density at radius 2 is 1.81 bits per heavy atom. The van der Waals surface area contributed by atoms with Crippen molar-refractivity contribution in [1.82, 2.24) is 15.2 Å². The highest BCUT2D eigenvalue weighted by atomic mass is 35.5. The van der Waals surface area contributed by atoms with Gasteiger partial charge in [0, 0.05) is 39.1 Å². The van der Waals surface area contributed by atoms with Crippen molar-refractivity contribution in [1.29, 1.82) is 0 Å². The summed E-state index contributed by atoms with van der Waals surface area (Å²) in [5.41, 5.74) is 13.1. The fourth-order valence-electron chi connectivity index (χ4n) is 3.38. The van der Waals surface area contributed by atoms with Crippen LogP contribution in [0.15, 0.2) is 4.99 Å². The summed E-state index contributed by atoms with van der Waals surface area (Å²) >= 11 is 0. The van der Waals surface area contributed by atoms with Crippen LogP contribution in [-0.2, 0) is 14.3 Å². The van der Waals surface area contributed by atoms with E-state index in [4.69, 9.17) is 16.2 Å². The summed E-state index contributed by atoms with van der Waals surface area (Å²) in [7, 11) is 0. The first kappa shape index (κ1) is 29.8. The van der Waals surface area contributed by atoms with E-state index in [0.717, 1.165) is 45.3 Å². The molecule has 1 atom stereocenters. The van der Waals surface area contributed by atoms with Crippen molar-refractivity contribution in [2.75, 3.05) is 45.9 Å². The summed E-state index contributed by atoms with van der Waals surface area (Å²) < 4.78 is 4.92. The van der Waals surface area contributed by atoms with Gasteiger partial charge in [0.25, 0.3) is 5.96 Å². The van der Waals surface area contributed by atoms with Crippen LogP contribution in [0.25, 0.3) is 0 Å². The lowest BCUT2D eigenvalue weighted by atomic mass is 10.1. The van der Waals surface area contributed by atoms with Gasteiger partial charge in [-0.05, 0) is 39.2 Å². The van der Waals surface area contributed by atoms with Gasteiger partial charge in [-0.15, -0.1) is 12.4 Å². The SMILES string of the molecule is CCOC(=O)CCCCCCN1CCN(C(=O)[C@@H](N)CCCN=C(N)N[N+](=O)[O-])CC1.Cl. The number of halogens is 1. The number of amides is 1. The summed E-state index contributed by atoms with van der Waals surface area (Å²) in [6.45, 7) is 6.48. The van der Waals surface area contributed by atoms with Crippen LogP contribution >= 0.6 is 12.4 Å². The number of hydrazine groups is 1. The van der Waals surface area contributed by atoms with Gasteiger partial charge in [0.2, 0.25) is 5.91 Å². The van der Waals surface area contributed by atoms with Crippen LogP contribution in [0.2, 0.25) is 0 Å². The highest BCUT2D eigenvalue weighted by Crippen LogP contribution is 2.09. The number of unbranched alkanes of at least 4 members (excludes halogenated alkanes) is 3. The molecule has 5 N–H and O–H groups in total. The van der Waals surface area contributed by atoms with Crippen LogP contribution in [0.5, 0.6) is 0 Å². The van der Waals surface area contributed by atoms with E-state index in [-0.39, 0.29) is 36.8 Å². The molecule has 0 bridgehead atoms. The molecular weight excluding hydrogens is 442 g/mol. The molecule has 0 radical (unpaired) electrons. The zero-order valence-corrected chi connectivity index (χ0v) is 19.7. The number of aliphatic imine (C=N–C) groups is 1. The number of nitrogens with one attached hydrogen (secondary N) is 1. The van der Waals surface area contributed by atoms with Crippen LogP contribution in [0.4, 0.5) is 0 Å². The van der Waals surface area contributed by atoms with E-state index in [1.54, 1.807) is 10.3 Å². The van der Waals surface area contributed by atoms with Crippen molar-refractivity contribution in [2.24, 2.45) is 16.5 Å². The second kappa shape index (κ2) is 17.4. The molecule has 0 spiro atoms. The largest absolute Gasteiger partial charge is 0.466 e. The Labute approximate surface area is 195 Å². The van der Waals surface area contributed by atoms with E-state index in [1.807, 2.05) is 6.92 Å². The highest BCUT2D eigenvalue weighted by molar-refractivity contribution is 5.85. The predicted molar refractivity (Wildman–Crippen MR) is 124 cm³/mol. The number of esters is 1. The Bertz CT molecular complexity index is 601. The number of carbonyl (C=O) groups excluding carboxylic acids is 2. The van der Waals surface area contributed by atoms with Gasteiger partial charge in [0.15, 0.2) is 5.03 Å². The molecule has 1 aliphatic heterocycles. The van der Waals surface area contributed by atoms with Crippen molar-refractivity contribution in [2.45, 2.75) is 57.9 Å². The molecule has 0 aromatic carbocycles. The number of carbonyl (C=O) groups is 2. The van der Waals surface area contributed by atoms with E-state index in [0.29, 0.717) is 39.0 Å². The van der Waals surface area contributed by atoms with Crippen LogP contribution in [0.1, 0.15) is 51.9 Å². The summed E-state index contributed by atoms with van der Waals surface area (Å²) in [4.78, 5) is 42.0. The minimum atomic E-state index is -0.778. The zero-order valence-electron chi connectivity index (χ0n) is 18.9. The van der Waals surface area contributed by atoms with Gasteiger partial charge >= 0.3 is 5.97 Å². The lowest BCUT2D eigenvalue weighted by molar-refractivity contribution is -0.525. The summed E-state index contributed by atoms with van der Waals surface area (Å²) in [6.07, 6.45) is 5.49. The molecule has 0 unspecified atom stereocenters. The average Bonchev–Trinajstić information content (AvgIpc) is 2.73. The molecule has 0 aliphatic carbocycles. The molecule has 1 heterocycles. The van der Waals surface area contributed by atoms with Crippen LogP contribution in [0, 0.1) is 10.1 Å². The summed E-state index contributed by atoms with van der Waals surface area (Å²) in [5.74, 6) is -0.454. The van der Waals surface area contributed by atoms with Gasteiger partial charge in [-0.1, -0.05) is 18.3 Å². The molecule has 0 aromatic heterocycles. The molecule has 1 rings (SSSR count). The lowest BCUT2D eigenvalue weighted by Gasteiger charge is -2.36. The van der Waals surface area contributed by atoms with Gasteiger partial charge in [-0.2, -0.15) is 0 Å². The molecule has 32 heavy (non-hydrogen) atoms. The quantitative estimate of drug-likeness (QED) is 0.0789. The summed E-state index contributed by atoms with van der Waals surface area (Å²) in [6, 6.07) is -0.606. The molecule has 1 aliphatic rings. The third-order valence-electron chi connectivity index (χ3n) is 5.07. The van der Waals surface area contributed by atoms with Crippen molar-refractivity contribution in [3.8, 4) is 0 Å². The second-order valence-corrected chi connectivity index (χ2v) is 7.52. The first-order chi connectivity index (χ1) is 14.8. The fraction of sp³-hybridized carbons (Fsp3) is 0.842. The fourth-order valence-corrected chi connectivity index (χ4v) is 3.38. The number of hydrogen-bond acceptors (Lipinski definition) is 8. The van der Waals surface area contributed by atoms with Gasteiger partial charge < -0.3 is 21.1 Å². The van der Waals surface area contributed by atoms with E-state index in [2.05, 4.69) is 9.89 Å². The van der Waals surface area contributed by atoms with Gasteiger partial charge in [-0.3, -0.25) is 14.5 Å². The number of ether oxygens (including phenoxy) is 1. The Kier molecular flexibility index (Phi) is 16.2. The van der Waals surface area contributed by atoms with E-state index >= 15 is 0 Å². The molecule has 186 valence electrons. The number of nitrogens with zero attached hydrogens (tertiary/aromatic N) is 4. The monoisotopic (exact) mass is 479 g/mol. The normalized spacial score (nSPS) is 15.6. The summed E-state index contributed by atoms with van der Waals surface area (Å²) in [5, 5.41) is 9.45. The number of piperazine rings is 1. The second-order valence-electron chi connectivity index (χ2n) is 7.52. The zero-order chi connectivity index (χ0) is 23.1. The molecular formula is C19H38ClN7O5. The maximum absolute atomic E-state index is 12.5. The topological polar surface area (TPSA) is 169 Å². The molecule has 1 saturated heterocycles. The number of nitrogens with two attached hydrogens (primary N) is 2. The number of rotatable bonds is 14. The van der Waals surface area contributed by atoms with E-state index < -0.39 is 11.1 Å². The number of hydrogen-bond donors (Lipinski definition) is 3. The first-order valence-corrected chi connectivity index (χ1v) is 11.0. The van der Waals surface area contributed by atoms with Gasteiger partial charge in [0.1, 0.15) is 0 Å². The van der Waals surface area contributed by atoms with Crippen molar-refractivity contribution in [3.63, 3.8) is 0 Å². The standard InChI is InChI=1S/C19H37N7O5.ClH/c1-2-31-17(27)9-5-3-4-6-11-24-12-14-25(15-13-24)18(28)16(20)8-7-10-22-19(21)23-26(29)30;/h16H,2-15,20H2,1H3,(H3,21,22,23);1H/t16-;/m0./s1. The third-order valence-corrected chi connectivity index (χ3v) is 5.07. The minimum Gasteiger partial charge on any atom is -0.466 e. The highest BCUT2D eigenvalue weighted by Gasteiger charge is 2.24. The van der Waals surface area contributed by atoms with Crippen LogP contribution in [-0.4, -0.2) is 84.6 Å². The maximum atomic E-state index is 12.5. The molecule has 1 amide bonds. The van der Waals surface area contributed by atoms with Crippen LogP contribution < -0.4 is 16.9 Å². The Morgan fingerprint density at radius 3 is 2.44 bits per heavy atom. The van der Waals surface area contributed by atoms with Crippen molar-refractivity contribution >= 4 is 30.2 Å². The van der Waals surface area contributed by atoms with Crippen molar-refractivity contribution < 1.29 is 19.4 Å². The lowest BCUT2D eigenvalue weighted by Crippen LogP contribution is -2.53. The number of nitro groups is 1. The first-order valence-electron chi connectivity index (χ1n) is 11.0. The van der Waals surface area contributed by atoms with Crippen LogP contribution in [0.3, 0.4) is 0 Å². The van der Waals surface area contributed by atoms with E-state index in [1.165, 1.54) is 0 Å². The Morgan fingerprint density at radius 1 is 1.16 bits per heavy atom. The third kappa shape index (κ3) is 13.3. The maximum Gasteiger partial charge on any atom is 0.305 e. The van der Waals surface area contributed by atoms with E-state index in [9.17, 15) is 19.7 Å². The smallest absolute Gasteiger partial charge is 0.305 e. The molecule has 1 fully saturated rings. The molecule has 0 saturated carbocycles. The predicted octanol–water partition coefficient (Wildman–Crippen LogP) is 0.270. The van der Waals surface area contributed by atoms with Gasteiger partial charge in [0.05, 0.1) is 12.6 Å². The molecule has 13 heteroatoms. The Hall–Kier alpha value is -2.18. The Balaban J connectivity index is 0.00000961. The minimum absolute atomic E-state index is 0. The number of guanidine groups is 1.